The standard InChI is InChI=1S/C22H20F3N5O3/c23-22(24,25)19(32)17(10-13-4-2-1-3-5-13)29-18(31)12-30-20(28-11-16(27)21(30)33)14-6-8-15(26)9-7-14/h1-9,11,17H,10,12,26-27H2,(H,29,31). The predicted molar refractivity (Wildman–Crippen MR) is 116 cm³/mol. The number of carbonyl (C=O) groups excluding carboxylic acids is 2. The summed E-state index contributed by atoms with van der Waals surface area (Å²) in [5.74, 6) is -3.03. The molecule has 1 atom stereocenters. The molecule has 0 radical (unpaired) electrons. The van der Waals surface area contributed by atoms with Crippen molar-refractivity contribution in [3.63, 3.8) is 0 Å². The van der Waals surface area contributed by atoms with Gasteiger partial charge in [0.25, 0.3) is 11.3 Å². The number of nitrogens with one attached hydrogen (secondary N) is 1. The molecule has 0 aliphatic heterocycles. The average molecular weight is 459 g/mol. The summed E-state index contributed by atoms with van der Waals surface area (Å²) < 4.78 is 40.3. The fraction of sp³-hybridized carbons (Fsp3) is 0.182. The van der Waals surface area contributed by atoms with Gasteiger partial charge in [-0.2, -0.15) is 13.2 Å². The van der Waals surface area contributed by atoms with Crippen molar-refractivity contribution in [3.05, 3.63) is 76.7 Å². The van der Waals surface area contributed by atoms with Crippen molar-refractivity contribution in [1.29, 1.82) is 0 Å². The van der Waals surface area contributed by atoms with Crippen molar-refractivity contribution in [1.82, 2.24) is 14.9 Å². The van der Waals surface area contributed by atoms with Crippen LogP contribution in [0, 0.1) is 0 Å². The van der Waals surface area contributed by atoms with Crippen molar-refractivity contribution < 1.29 is 22.8 Å². The van der Waals surface area contributed by atoms with E-state index >= 15 is 0 Å². The number of benzene rings is 2. The highest BCUT2D eigenvalue weighted by molar-refractivity contribution is 5.93. The normalized spacial score (nSPS) is 12.2. The lowest BCUT2D eigenvalue weighted by molar-refractivity contribution is -0.173. The Morgan fingerprint density at radius 1 is 1.03 bits per heavy atom. The molecule has 5 N–H and O–H groups in total. The summed E-state index contributed by atoms with van der Waals surface area (Å²) in [5.41, 5.74) is 11.6. The number of hydrogen-bond donors (Lipinski definition) is 3. The van der Waals surface area contributed by atoms with Gasteiger partial charge in [-0.1, -0.05) is 30.3 Å². The number of hydrogen-bond acceptors (Lipinski definition) is 6. The Morgan fingerprint density at radius 3 is 2.27 bits per heavy atom. The zero-order valence-electron chi connectivity index (χ0n) is 17.2. The van der Waals surface area contributed by atoms with Crippen LogP contribution in [0.3, 0.4) is 0 Å². The van der Waals surface area contributed by atoms with Gasteiger partial charge in [-0.15, -0.1) is 0 Å². The third-order valence-corrected chi connectivity index (χ3v) is 4.76. The zero-order chi connectivity index (χ0) is 24.2. The maximum Gasteiger partial charge on any atom is 0.452 e. The first-order valence-electron chi connectivity index (χ1n) is 9.72. The number of nitrogens with two attached hydrogens (primary N) is 2. The molecule has 11 heteroatoms. The number of ketones is 1. The minimum atomic E-state index is -5.16. The van der Waals surface area contributed by atoms with E-state index in [-0.39, 0.29) is 17.9 Å². The van der Waals surface area contributed by atoms with Crippen LogP contribution >= 0.6 is 0 Å². The molecule has 0 bridgehead atoms. The lowest BCUT2D eigenvalue weighted by Gasteiger charge is -2.20. The molecular formula is C22H20F3N5O3. The van der Waals surface area contributed by atoms with E-state index in [2.05, 4.69) is 10.3 Å². The molecule has 0 fully saturated rings. The fourth-order valence-corrected chi connectivity index (χ4v) is 3.16. The third-order valence-electron chi connectivity index (χ3n) is 4.76. The number of anilines is 2. The predicted octanol–water partition coefficient (Wildman–Crippen LogP) is 1.93. The zero-order valence-corrected chi connectivity index (χ0v) is 17.2. The van der Waals surface area contributed by atoms with Gasteiger partial charge in [-0.3, -0.25) is 19.0 Å². The minimum Gasteiger partial charge on any atom is -0.399 e. The monoisotopic (exact) mass is 459 g/mol. The van der Waals surface area contributed by atoms with Gasteiger partial charge in [0.2, 0.25) is 5.91 Å². The highest BCUT2D eigenvalue weighted by Gasteiger charge is 2.43. The molecule has 172 valence electrons. The summed E-state index contributed by atoms with van der Waals surface area (Å²) in [6.07, 6.45) is -4.41. The average Bonchev–Trinajstić information content (AvgIpc) is 2.77. The first kappa shape index (κ1) is 23.5. The molecule has 33 heavy (non-hydrogen) atoms. The van der Waals surface area contributed by atoms with Gasteiger partial charge >= 0.3 is 6.18 Å². The summed E-state index contributed by atoms with van der Waals surface area (Å²) in [5, 5.41) is 2.10. The lowest BCUT2D eigenvalue weighted by Crippen LogP contribution is -2.49. The summed E-state index contributed by atoms with van der Waals surface area (Å²) >= 11 is 0. The largest absolute Gasteiger partial charge is 0.452 e. The second kappa shape index (κ2) is 9.55. The second-order valence-corrected chi connectivity index (χ2v) is 7.22. The van der Waals surface area contributed by atoms with E-state index in [0.717, 1.165) is 10.8 Å². The van der Waals surface area contributed by atoms with Crippen LogP contribution in [0.2, 0.25) is 0 Å². The number of nitrogen functional groups attached to an aromatic ring is 2. The number of amides is 1. The Morgan fingerprint density at radius 2 is 1.67 bits per heavy atom. The van der Waals surface area contributed by atoms with Crippen molar-refractivity contribution >= 4 is 23.1 Å². The van der Waals surface area contributed by atoms with Gasteiger partial charge < -0.3 is 16.8 Å². The summed E-state index contributed by atoms with van der Waals surface area (Å²) in [7, 11) is 0. The molecule has 3 aromatic rings. The van der Waals surface area contributed by atoms with Crippen LogP contribution in [0.4, 0.5) is 24.5 Å². The summed E-state index contributed by atoms with van der Waals surface area (Å²) in [6, 6.07) is 12.3. The van der Waals surface area contributed by atoms with Gasteiger partial charge in [0.1, 0.15) is 24.1 Å². The summed E-state index contributed by atoms with van der Waals surface area (Å²) in [4.78, 5) is 41.3. The molecule has 1 unspecified atom stereocenters. The maximum absolute atomic E-state index is 13.1. The van der Waals surface area contributed by atoms with E-state index in [9.17, 15) is 27.6 Å². The van der Waals surface area contributed by atoms with E-state index in [1.165, 1.54) is 12.1 Å². The molecule has 2 aromatic carbocycles. The SMILES string of the molecule is Nc1ccc(-c2ncc(N)c(=O)n2CC(=O)NC(Cc2ccccc2)C(=O)C(F)(F)F)cc1. The number of nitrogens with zero attached hydrogens (tertiary/aromatic N) is 2. The smallest absolute Gasteiger partial charge is 0.399 e. The Hall–Kier alpha value is -4.15. The van der Waals surface area contributed by atoms with Gasteiger partial charge in [-0.25, -0.2) is 4.98 Å². The first-order valence-corrected chi connectivity index (χ1v) is 9.72. The highest BCUT2D eigenvalue weighted by Crippen LogP contribution is 2.21. The second-order valence-electron chi connectivity index (χ2n) is 7.22. The maximum atomic E-state index is 13.1. The van der Waals surface area contributed by atoms with Gasteiger partial charge in [0.05, 0.1) is 6.20 Å². The third kappa shape index (κ3) is 5.76. The summed E-state index contributed by atoms with van der Waals surface area (Å²) in [6.45, 7) is -0.701. The molecule has 0 aliphatic rings. The quantitative estimate of drug-likeness (QED) is 0.463. The molecule has 0 aliphatic carbocycles. The molecule has 0 saturated carbocycles. The Balaban J connectivity index is 1.90. The number of rotatable bonds is 7. The van der Waals surface area contributed by atoms with Crippen molar-refractivity contribution in [2.75, 3.05) is 11.5 Å². The van der Waals surface area contributed by atoms with E-state index in [4.69, 9.17) is 11.5 Å². The molecule has 1 aromatic heterocycles. The van der Waals surface area contributed by atoms with Crippen LogP contribution in [0.5, 0.6) is 0 Å². The molecule has 1 amide bonds. The first-order chi connectivity index (χ1) is 15.6. The molecule has 0 spiro atoms. The van der Waals surface area contributed by atoms with Crippen LogP contribution in [0.25, 0.3) is 11.4 Å². The molecule has 3 rings (SSSR count). The number of halogens is 3. The van der Waals surface area contributed by atoms with Crippen molar-refractivity contribution in [3.8, 4) is 11.4 Å². The highest BCUT2D eigenvalue weighted by atomic mass is 19.4. The number of carbonyl (C=O) groups is 2. The van der Waals surface area contributed by atoms with Crippen molar-refractivity contribution in [2.24, 2.45) is 0 Å². The van der Waals surface area contributed by atoms with Gasteiger partial charge in [0, 0.05) is 17.7 Å². The Bertz CT molecular complexity index is 1210. The number of alkyl halides is 3. The molecule has 8 nitrogen and oxygen atoms in total. The van der Waals surface area contributed by atoms with E-state index in [1.807, 2.05) is 0 Å². The van der Waals surface area contributed by atoms with Crippen LogP contribution < -0.4 is 22.3 Å². The van der Waals surface area contributed by atoms with Crippen LogP contribution in [-0.2, 0) is 22.6 Å². The minimum absolute atomic E-state index is 0.0612. The van der Waals surface area contributed by atoms with E-state index < -0.39 is 36.0 Å². The molecule has 0 saturated heterocycles. The van der Waals surface area contributed by atoms with Crippen molar-refractivity contribution in [2.45, 2.75) is 25.2 Å². The van der Waals surface area contributed by atoms with E-state index in [0.29, 0.717) is 16.8 Å². The van der Waals surface area contributed by atoms with E-state index in [1.54, 1.807) is 42.5 Å². The molecule has 1 heterocycles. The van der Waals surface area contributed by atoms with Crippen LogP contribution in [0.1, 0.15) is 5.56 Å². The number of aromatic nitrogens is 2. The Kier molecular flexibility index (Phi) is 6.80. The van der Waals surface area contributed by atoms with Gasteiger partial charge in [0.15, 0.2) is 0 Å². The number of Topliss-reactive ketones (excluding diaryl/α,β-unsaturated/α-hetero) is 1. The van der Waals surface area contributed by atoms with Crippen LogP contribution in [-0.4, -0.2) is 33.5 Å². The van der Waals surface area contributed by atoms with Crippen LogP contribution in [0.15, 0.2) is 65.6 Å². The van der Waals surface area contributed by atoms with Gasteiger partial charge in [-0.05, 0) is 29.8 Å². The Labute approximate surface area is 186 Å². The fourth-order valence-electron chi connectivity index (χ4n) is 3.16. The topological polar surface area (TPSA) is 133 Å². The molecular weight excluding hydrogens is 439 g/mol. The lowest BCUT2D eigenvalue weighted by atomic mass is 10.0.